The summed E-state index contributed by atoms with van der Waals surface area (Å²) < 4.78 is 28.7. The molecule has 0 aliphatic heterocycles. The molecular weight excluding hydrogens is 420 g/mol. The molecule has 3 rings (SSSR count). The van der Waals surface area contributed by atoms with E-state index in [0.29, 0.717) is 15.8 Å². The summed E-state index contributed by atoms with van der Waals surface area (Å²) in [5.41, 5.74) is 1.14. The average Bonchev–Trinajstić information content (AvgIpc) is 2.95. The van der Waals surface area contributed by atoms with E-state index in [4.69, 9.17) is 11.6 Å². The van der Waals surface area contributed by atoms with Gasteiger partial charge in [0.2, 0.25) is 0 Å². The molecule has 0 bridgehead atoms. The van der Waals surface area contributed by atoms with E-state index in [1.807, 2.05) is 4.72 Å². The summed E-state index contributed by atoms with van der Waals surface area (Å²) >= 11 is 9.03. The van der Waals surface area contributed by atoms with Gasteiger partial charge in [0.05, 0.1) is 22.3 Å². The molecule has 0 atom stereocenters. The molecule has 0 aliphatic rings. The SMILES string of the molecule is Cc1c(C(=O)NS(=O)(=O)c2cc(Cl)cc(Br)c2)cnc2ccnn12. The zero-order valence-electron chi connectivity index (χ0n) is 12.2. The molecule has 0 aliphatic carbocycles. The van der Waals surface area contributed by atoms with Gasteiger partial charge < -0.3 is 0 Å². The molecule has 2 aromatic heterocycles. The van der Waals surface area contributed by atoms with Crippen LogP contribution in [0.25, 0.3) is 5.65 Å². The lowest BCUT2D eigenvalue weighted by Crippen LogP contribution is -2.31. The van der Waals surface area contributed by atoms with Crippen LogP contribution in [0.3, 0.4) is 0 Å². The monoisotopic (exact) mass is 428 g/mol. The van der Waals surface area contributed by atoms with E-state index in [0.717, 1.165) is 0 Å². The molecule has 1 aromatic carbocycles. The Hall–Kier alpha value is -1.97. The highest BCUT2D eigenvalue weighted by atomic mass is 79.9. The number of benzene rings is 1. The van der Waals surface area contributed by atoms with Crippen LogP contribution in [-0.2, 0) is 10.0 Å². The number of carbonyl (C=O) groups excluding carboxylic acids is 1. The maximum absolute atomic E-state index is 12.4. The number of nitrogens with one attached hydrogen (secondary N) is 1. The van der Waals surface area contributed by atoms with Gasteiger partial charge in [-0.1, -0.05) is 27.5 Å². The third-order valence-electron chi connectivity index (χ3n) is 3.27. The van der Waals surface area contributed by atoms with Crippen LogP contribution in [0, 0.1) is 6.92 Å². The lowest BCUT2D eigenvalue weighted by Gasteiger charge is -2.10. The Morgan fingerprint density at radius 2 is 2.08 bits per heavy atom. The number of amides is 1. The number of hydrogen-bond donors (Lipinski definition) is 1. The second-order valence-electron chi connectivity index (χ2n) is 4.90. The van der Waals surface area contributed by atoms with Gasteiger partial charge in [0, 0.05) is 21.8 Å². The van der Waals surface area contributed by atoms with Crippen LogP contribution in [0.5, 0.6) is 0 Å². The summed E-state index contributed by atoms with van der Waals surface area (Å²) in [5, 5.41) is 4.27. The fraction of sp³-hybridized carbons (Fsp3) is 0.0714. The normalized spacial score (nSPS) is 11.6. The van der Waals surface area contributed by atoms with E-state index in [-0.39, 0.29) is 15.5 Å². The van der Waals surface area contributed by atoms with E-state index >= 15 is 0 Å². The van der Waals surface area contributed by atoms with Crippen molar-refractivity contribution in [1.82, 2.24) is 19.3 Å². The largest absolute Gasteiger partial charge is 0.268 e. The molecule has 0 radical (unpaired) electrons. The number of aryl methyl sites for hydroxylation is 1. The van der Waals surface area contributed by atoms with E-state index in [2.05, 4.69) is 26.0 Å². The van der Waals surface area contributed by atoms with E-state index < -0.39 is 15.9 Å². The van der Waals surface area contributed by atoms with Crippen molar-refractivity contribution in [2.45, 2.75) is 11.8 Å². The summed E-state index contributed by atoms with van der Waals surface area (Å²) in [4.78, 5) is 16.3. The number of rotatable bonds is 3. The first-order chi connectivity index (χ1) is 11.3. The Bertz CT molecular complexity index is 1040. The average molecular weight is 430 g/mol. The molecule has 1 N–H and O–H groups in total. The van der Waals surface area contributed by atoms with Crippen molar-refractivity contribution < 1.29 is 13.2 Å². The minimum atomic E-state index is -4.08. The van der Waals surface area contributed by atoms with Crippen molar-refractivity contribution in [3.8, 4) is 0 Å². The van der Waals surface area contributed by atoms with Crippen molar-refractivity contribution in [3.63, 3.8) is 0 Å². The van der Waals surface area contributed by atoms with Gasteiger partial charge in [-0.25, -0.2) is 22.6 Å². The van der Waals surface area contributed by atoms with Gasteiger partial charge in [-0.3, -0.25) is 4.79 Å². The van der Waals surface area contributed by atoms with Gasteiger partial charge in [-0.2, -0.15) is 5.10 Å². The predicted octanol–water partition coefficient (Wildman–Crippen LogP) is 2.57. The number of nitrogens with zero attached hydrogens (tertiary/aromatic N) is 3. The highest BCUT2D eigenvalue weighted by Crippen LogP contribution is 2.23. The summed E-state index contributed by atoms with van der Waals surface area (Å²) in [6.07, 6.45) is 2.85. The van der Waals surface area contributed by atoms with Crippen LogP contribution < -0.4 is 4.72 Å². The highest BCUT2D eigenvalue weighted by molar-refractivity contribution is 9.10. The molecule has 10 heteroatoms. The molecule has 24 heavy (non-hydrogen) atoms. The molecule has 0 saturated heterocycles. The second kappa shape index (κ2) is 6.15. The van der Waals surface area contributed by atoms with Crippen molar-refractivity contribution >= 4 is 49.1 Å². The highest BCUT2D eigenvalue weighted by Gasteiger charge is 2.22. The minimum Gasteiger partial charge on any atom is -0.268 e. The lowest BCUT2D eigenvalue weighted by atomic mass is 10.2. The Morgan fingerprint density at radius 3 is 2.79 bits per heavy atom. The molecule has 0 unspecified atom stereocenters. The minimum absolute atomic E-state index is 0.107. The molecule has 0 spiro atoms. The molecule has 3 aromatic rings. The molecule has 2 heterocycles. The maximum Gasteiger partial charge on any atom is 0.268 e. The molecule has 124 valence electrons. The smallest absolute Gasteiger partial charge is 0.268 e. The van der Waals surface area contributed by atoms with Crippen molar-refractivity contribution in [2.24, 2.45) is 0 Å². The van der Waals surface area contributed by atoms with Gasteiger partial charge >= 0.3 is 0 Å². The third-order valence-corrected chi connectivity index (χ3v) is 5.26. The number of halogens is 2. The number of carbonyl (C=O) groups is 1. The van der Waals surface area contributed by atoms with Gasteiger partial charge in [0.1, 0.15) is 0 Å². The quantitative estimate of drug-likeness (QED) is 0.691. The Labute approximate surface area is 150 Å². The number of fused-ring (bicyclic) bond motifs is 1. The fourth-order valence-electron chi connectivity index (χ4n) is 2.13. The van der Waals surface area contributed by atoms with Gasteiger partial charge in [0.25, 0.3) is 15.9 Å². The van der Waals surface area contributed by atoms with Crippen molar-refractivity contribution in [2.75, 3.05) is 0 Å². The van der Waals surface area contributed by atoms with Crippen molar-refractivity contribution in [1.29, 1.82) is 0 Å². The summed E-state index contributed by atoms with van der Waals surface area (Å²) in [5.74, 6) is -0.798. The molecular formula is C14H10BrClN4O3S. The Morgan fingerprint density at radius 1 is 1.33 bits per heavy atom. The standard InChI is InChI=1S/C14H10BrClN4O3S/c1-8-12(7-17-13-2-3-18-20(8)13)14(21)19-24(22,23)11-5-9(15)4-10(16)6-11/h2-7H,1H3,(H,19,21). The first kappa shape index (κ1) is 16.9. The summed E-state index contributed by atoms with van der Waals surface area (Å²) in [6.45, 7) is 1.65. The van der Waals surface area contributed by atoms with Crippen molar-refractivity contribution in [3.05, 3.63) is 57.4 Å². The number of sulfonamides is 1. The Balaban J connectivity index is 1.96. The topological polar surface area (TPSA) is 93.4 Å². The van der Waals surface area contributed by atoms with Crippen LogP contribution in [0.15, 0.2) is 46.0 Å². The zero-order chi connectivity index (χ0) is 17.5. The molecule has 0 fully saturated rings. The number of aromatic nitrogens is 3. The maximum atomic E-state index is 12.4. The van der Waals surface area contributed by atoms with Crippen LogP contribution in [0.4, 0.5) is 0 Å². The summed E-state index contributed by atoms with van der Waals surface area (Å²) in [6, 6.07) is 5.82. The fourth-order valence-corrected chi connectivity index (χ4v) is 4.25. The Kier molecular flexibility index (Phi) is 4.33. The van der Waals surface area contributed by atoms with E-state index in [1.54, 1.807) is 19.1 Å². The molecule has 1 amide bonds. The molecule has 7 nitrogen and oxygen atoms in total. The summed E-state index contributed by atoms with van der Waals surface area (Å²) in [7, 11) is -4.08. The molecule has 0 saturated carbocycles. The predicted molar refractivity (Wildman–Crippen MR) is 91.5 cm³/mol. The first-order valence-corrected chi connectivity index (χ1v) is 9.26. The zero-order valence-corrected chi connectivity index (χ0v) is 15.4. The third kappa shape index (κ3) is 3.14. The van der Waals surface area contributed by atoms with Crippen LogP contribution >= 0.6 is 27.5 Å². The van der Waals surface area contributed by atoms with E-state index in [1.165, 1.54) is 29.0 Å². The van der Waals surface area contributed by atoms with E-state index in [9.17, 15) is 13.2 Å². The van der Waals surface area contributed by atoms with Gasteiger partial charge in [0.15, 0.2) is 5.65 Å². The van der Waals surface area contributed by atoms with Gasteiger partial charge in [-0.15, -0.1) is 0 Å². The first-order valence-electron chi connectivity index (χ1n) is 6.60. The van der Waals surface area contributed by atoms with Crippen LogP contribution in [-0.4, -0.2) is 28.9 Å². The number of hydrogen-bond acceptors (Lipinski definition) is 5. The second-order valence-corrected chi connectivity index (χ2v) is 7.93. The van der Waals surface area contributed by atoms with Crippen LogP contribution in [0.2, 0.25) is 5.02 Å². The van der Waals surface area contributed by atoms with Gasteiger partial charge in [-0.05, 0) is 25.1 Å². The lowest BCUT2D eigenvalue weighted by molar-refractivity contribution is 0.0980. The van der Waals surface area contributed by atoms with Crippen LogP contribution in [0.1, 0.15) is 16.1 Å².